The van der Waals surface area contributed by atoms with Crippen molar-refractivity contribution < 1.29 is 38.5 Å². The second-order valence-corrected chi connectivity index (χ2v) is 8.72. The molecule has 0 aromatic rings. The summed E-state index contributed by atoms with van der Waals surface area (Å²) in [5, 5.41) is 9.95. The quantitative estimate of drug-likeness (QED) is 0.397. The lowest BCUT2D eigenvalue weighted by Gasteiger charge is -2.45. The maximum Gasteiger partial charge on any atom is 0.430 e. The molecule has 1 aliphatic rings. The summed E-state index contributed by atoms with van der Waals surface area (Å²) in [6.45, 7) is 9.75. The van der Waals surface area contributed by atoms with Crippen LogP contribution in [0.25, 0.3) is 0 Å². The molecule has 0 bridgehead atoms. The minimum Gasteiger partial charge on any atom is -0.467 e. The van der Waals surface area contributed by atoms with Crippen molar-refractivity contribution in [1.29, 1.82) is 0 Å². The minimum absolute atomic E-state index is 0.0419. The molecule has 1 saturated heterocycles. The number of carbonyl (C=O) groups excluding carboxylic acids is 3. The smallest absolute Gasteiger partial charge is 0.430 e. The van der Waals surface area contributed by atoms with Gasteiger partial charge < -0.3 is 24.2 Å². The van der Waals surface area contributed by atoms with E-state index in [4.69, 9.17) is 14.2 Å². The zero-order valence-electron chi connectivity index (χ0n) is 18.0. The van der Waals surface area contributed by atoms with E-state index in [-0.39, 0.29) is 25.9 Å². The van der Waals surface area contributed by atoms with Crippen LogP contribution in [-0.4, -0.2) is 76.2 Å². The molecule has 0 saturated carbocycles. The average molecular weight is 417 g/mol. The van der Waals surface area contributed by atoms with Crippen LogP contribution in [0, 0.1) is 0 Å². The van der Waals surface area contributed by atoms with Crippen LogP contribution in [-0.2, 0) is 19.0 Å². The highest BCUT2D eigenvalue weighted by atomic mass is 16.6. The van der Waals surface area contributed by atoms with Gasteiger partial charge in [-0.3, -0.25) is 0 Å². The Morgan fingerprint density at radius 3 is 1.83 bits per heavy atom. The summed E-state index contributed by atoms with van der Waals surface area (Å²) < 4.78 is 15.4. The molecule has 1 heterocycles. The van der Waals surface area contributed by atoms with E-state index in [9.17, 15) is 24.3 Å². The molecule has 166 valence electrons. The van der Waals surface area contributed by atoms with Crippen molar-refractivity contribution in [3.63, 3.8) is 0 Å². The maximum absolute atomic E-state index is 12.9. The number of nitrogens with zero attached hydrogens (tertiary/aromatic N) is 2. The van der Waals surface area contributed by atoms with Gasteiger partial charge >= 0.3 is 24.2 Å². The van der Waals surface area contributed by atoms with Crippen molar-refractivity contribution in [2.75, 3.05) is 20.2 Å². The number of carbonyl (C=O) groups is 4. The zero-order chi connectivity index (χ0) is 22.6. The third-order valence-corrected chi connectivity index (χ3v) is 4.03. The molecule has 1 fully saturated rings. The molecule has 1 rings (SSSR count). The van der Waals surface area contributed by atoms with Gasteiger partial charge in [-0.1, -0.05) is 0 Å². The number of ether oxygens (including phenoxy) is 3. The molecule has 29 heavy (non-hydrogen) atoms. The standard InChI is InChI=1S/C18H31N3O8/c1-16(2,3)28-13(23)19-21(15(26)29-17(4,5)6)18(12(22)27-7)8-10-20(11-9-18)14(24)25/h8-11H2,1-7H3,(H,19,23)(H,24,25). The van der Waals surface area contributed by atoms with Crippen LogP contribution in [0.3, 0.4) is 0 Å². The van der Waals surface area contributed by atoms with Crippen LogP contribution in [0.2, 0.25) is 0 Å². The SMILES string of the molecule is COC(=O)C1(N(NC(=O)OC(C)(C)C)C(=O)OC(C)(C)C)CCN(C(=O)O)CC1. The fourth-order valence-corrected chi connectivity index (χ4v) is 2.80. The van der Waals surface area contributed by atoms with Crippen LogP contribution in [0.15, 0.2) is 0 Å². The number of rotatable bonds is 2. The molecule has 0 aromatic heterocycles. The Balaban J connectivity index is 3.29. The molecular formula is C18H31N3O8. The van der Waals surface area contributed by atoms with Gasteiger partial charge in [-0.25, -0.2) is 24.6 Å². The highest BCUT2D eigenvalue weighted by Gasteiger charge is 2.52. The summed E-state index contributed by atoms with van der Waals surface area (Å²) in [5.74, 6) is -0.801. The van der Waals surface area contributed by atoms with Crippen molar-refractivity contribution in [3.8, 4) is 0 Å². The predicted octanol–water partition coefficient (Wildman–Crippen LogP) is 2.35. The first-order chi connectivity index (χ1) is 13.1. The summed E-state index contributed by atoms with van der Waals surface area (Å²) >= 11 is 0. The van der Waals surface area contributed by atoms with E-state index < -0.39 is 41.0 Å². The topological polar surface area (TPSA) is 135 Å². The van der Waals surface area contributed by atoms with Gasteiger partial charge in [0.2, 0.25) is 0 Å². The largest absolute Gasteiger partial charge is 0.467 e. The molecular weight excluding hydrogens is 386 g/mol. The number of likely N-dealkylation sites (tertiary alicyclic amines) is 1. The third kappa shape index (κ3) is 6.68. The Hall–Kier alpha value is -2.72. The normalized spacial score (nSPS) is 16.4. The van der Waals surface area contributed by atoms with Crippen LogP contribution in [0.1, 0.15) is 54.4 Å². The lowest BCUT2D eigenvalue weighted by molar-refractivity contribution is -0.160. The number of nitrogens with one attached hydrogen (secondary N) is 1. The molecule has 0 atom stereocenters. The molecule has 0 radical (unpaired) electrons. The summed E-state index contributed by atoms with van der Waals surface area (Å²) in [6, 6.07) is 0. The van der Waals surface area contributed by atoms with Gasteiger partial charge in [0.15, 0.2) is 5.54 Å². The van der Waals surface area contributed by atoms with E-state index in [0.29, 0.717) is 0 Å². The van der Waals surface area contributed by atoms with Gasteiger partial charge in [0.1, 0.15) is 11.2 Å². The Labute approximate surface area is 170 Å². The van der Waals surface area contributed by atoms with Gasteiger partial charge in [-0.15, -0.1) is 0 Å². The molecule has 11 nitrogen and oxygen atoms in total. The lowest BCUT2D eigenvalue weighted by atomic mass is 9.87. The van der Waals surface area contributed by atoms with Crippen molar-refractivity contribution in [3.05, 3.63) is 0 Å². The number of methoxy groups -OCH3 is 1. The number of esters is 1. The molecule has 1 aliphatic heterocycles. The van der Waals surface area contributed by atoms with Crippen molar-refractivity contribution >= 4 is 24.2 Å². The number of piperidine rings is 1. The number of hydrogen-bond acceptors (Lipinski definition) is 7. The fraction of sp³-hybridized carbons (Fsp3) is 0.778. The van der Waals surface area contributed by atoms with Gasteiger partial charge in [-0.2, -0.15) is 5.01 Å². The van der Waals surface area contributed by atoms with Gasteiger partial charge in [0.25, 0.3) is 0 Å². The summed E-state index contributed by atoms with van der Waals surface area (Å²) in [4.78, 5) is 50.3. The molecule has 2 N–H and O–H groups in total. The first-order valence-electron chi connectivity index (χ1n) is 9.20. The fourth-order valence-electron chi connectivity index (χ4n) is 2.80. The minimum atomic E-state index is -1.65. The van der Waals surface area contributed by atoms with Crippen LogP contribution >= 0.6 is 0 Å². The Bertz CT molecular complexity index is 642. The van der Waals surface area contributed by atoms with E-state index in [0.717, 1.165) is 17.0 Å². The van der Waals surface area contributed by atoms with Crippen molar-refractivity contribution in [2.24, 2.45) is 0 Å². The first kappa shape index (κ1) is 24.3. The second kappa shape index (κ2) is 8.75. The van der Waals surface area contributed by atoms with Crippen LogP contribution in [0.4, 0.5) is 14.4 Å². The zero-order valence-corrected chi connectivity index (χ0v) is 18.0. The van der Waals surface area contributed by atoms with E-state index in [2.05, 4.69) is 5.43 Å². The van der Waals surface area contributed by atoms with Crippen molar-refractivity contribution in [2.45, 2.75) is 71.1 Å². The lowest BCUT2D eigenvalue weighted by Crippen LogP contribution is -2.68. The highest BCUT2D eigenvalue weighted by Crippen LogP contribution is 2.31. The maximum atomic E-state index is 12.9. The number of hydrazine groups is 1. The predicted molar refractivity (Wildman–Crippen MR) is 101 cm³/mol. The van der Waals surface area contributed by atoms with E-state index in [1.165, 1.54) is 0 Å². The molecule has 0 aromatic carbocycles. The Morgan fingerprint density at radius 2 is 1.45 bits per heavy atom. The summed E-state index contributed by atoms with van der Waals surface area (Å²) in [7, 11) is 1.15. The molecule has 3 amide bonds. The molecule has 0 aliphatic carbocycles. The third-order valence-electron chi connectivity index (χ3n) is 4.03. The molecule has 11 heteroatoms. The van der Waals surface area contributed by atoms with Gasteiger partial charge in [-0.05, 0) is 41.5 Å². The van der Waals surface area contributed by atoms with Crippen LogP contribution < -0.4 is 5.43 Å². The monoisotopic (exact) mass is 417 g/mol. The molecule has 0 unspecified atom stereocenters. The highest BCUT2D eigenvalue weighted by molar-refractivity contribution is 5.87. The second-order valence-electron chi connectivity index (χ2n) is 8.72. The summed E-state index contributed by atoms with van der Waals surface area (Å²) in [5.41, 5.74) is -1.12. The Morgan fingerprint density at radius 1 is 0.966 bits per heavy atom. The first-order valence-corrected chi connectivity index (χ1v) is 9.20. The summed E-state index contributed by atoms with van der Waals surface area (Å²) in [6.07, 6.45) is -3.29. The van der Waals surface area contributed by atoms with Gasteiger partial charge in [0, 0.05) is 25.9 Å². The Kier molecular flexibility index (Phi) is 7.33. The number of carboxylic acid groups (broad SMARTS) is 1. The number of amides is 3. The van der Waals surface area contributed by atoms with E-state index in [1.807, 2.05) is 0 Å². The van der Waals surface area contributed by atoms with E-state index in [1.54, 1.807) is 41.5 Å². The molecule has 0 spiro atoms. The average Bonchev–Trinajstić information content (AvgIpc) is 2.55. The van der Waals surface area contributed by atoms with Crippen LogP contribution in [0.5, 0.6) is 0 Å². The van der Waals surface area contributed by atoms with E-state index >= 15 is 0 Å². The van der Waals surface area contributed by atoms with Gasteiger partial charge in [0.05, 0.1) is 7.11 Å². The number of hydrogen-bond donors (Lipinski definition) is 2. The van der Waals surface area contributed by atoms with Crippen molar-refractivity contribution in [1.82, 2.24) is 15.3 Å².